The molecule has 3 rings (SSSR count). The Kier molecular flexibility index (Phi) is 4.60. The average molecular weight is 326 g/mol. The number of aliphatic hydroxyl groups is 1. The van der Waals surface area contributed by atoms with Crippen LogP contribution in [0.15, 0.2) is 79.0 Å². The van der Waals surface area contributed by atoms with E-state index in [1.807, 2.05) is 42.5 Å². The van der Waals surface area contributed by atoms with Crippen LogP contribution in [0.25, 0.3) is 0 Å². The third-order valence-electron chi connectivity index (χ3n) is 3.60. The Labute approximate surface area is 140 Å². The van der Waals surface area contributed by atoms with Gasteiger partial charge in [-0.3, -0.25) is 4.98 Å². The summed E-state index contributed by atoms with van der Waals surface area (Å²) in [5.74, 6) is 0.639. The maximum atomic E-state index is 11.3. The summed E-state index contributed by atoms with van der Waals surface area (Å²) in [6.07, 6.45) is 1.66. The number of benzene rings is 2. The highest BCUT2D eigenvalue weighted by molar-refractivity contribution is 6.30. The summed E-state index contributed by atoms with van der Waals surface area (Å²) < 4.78 is 5.79. The summed E-state index contributed by atoms with van der Waals surface area (Å²) >= 11 is 5.88. The molecule has 1 atom stereocenters. The molecule has 0 radical (unpaired) electrons. The van der Waals surface area contributed by atoms with Crippen LogP contribution in [0.1, 0.15) is 11.3 Å². The summed E-state index contributed by atoms with van der Waals surface area (Å²) in [6, 6.07) is 21.9. The number of halogens is 1. The second-order valence-corrected chi connectivity index (χ2v) is 5.62. The Morgan fingerprint density at radius 1 is 0.913 bits per heavy atom. The molecular formula is C19H16ClNO2. The molecule has 1 aromatic heterocycles. The van der Waals surface area contributed by atoms with Crippen molar-refractivity contribution in [1.82, 2.24) is 4.98 Å². The van der Waals surface area contributed by atoms with Crippen molar-refractivity contribution in [3.8, 4) is 5.75 Å². The SMILES string of the molecule is OC(COc1ccc(Cl)cc1)(c1ccccc1)c1ccccn1. The lowest BCUT2D eigenvalue weighted by Gasteiger charge is -2.28. The minimum atomic E-state index is -1.33. The summed E-state index contributed by atoms with van der Waals surface area (Å²) in [5, 5.41) is 11.9. The van der Waals surface area contributed by atoms with Crippen molar-refractivity contribution in [1.29, 1.82) is 0 Å². The second kappa shape index (κ2) is 6.82. The minimum absolute atomic E-state index is 0.0512. The highest BCUT2D eigenvalue weighted by Crippen LogP contribution is 2.29. The lowest BCUT2D eigenvalue weighted by molar-refractivity contribution is 0.0239. The van der Waals surface area contributed by atoms with Gasteiger partial charge in [0.15, 0.2) is 5.60 Å². The van der Waals surface area contributed by atoms with Gasteiger partial charge in [0.05, 0.1) is 5.69 Å². The maximum Gasteiger partial charge on any atom is 0.165 e. The molecule has 0 aliphatic rings. The van der Waals surface area contributed by atoms with Crippen LogP contribution in [0.4, 0.5) is 0 Å². The van der Waals surface area contributed by atoms with Gasteiger partial charge in [-0.15, -0.1) is 0 Å². The number of pyridine rings is 1. The van der Waals surface area contributed by atoms with E-state index in [-0.39, 0.29) is 6.61 Å². The third-order valence-corrected chi connectivity index (χ3v) is 3.85. The van der Waals surface area contributed by atoms with Gasteiger partial charge in [0.25, 0.3) is 0 Å². The lowest BCUT2D eigenvalue weighted by Crippen LogP contribution is -2.35. The smallest absolute Gasteiger partial charge is 0.165 e. The van der Waals surface area contributed by atoms with E-state index in [0.717, 1.165) is 5.56 Å². The summed E-state index contributed by atoms with van der Waals surface area (Å²) in [6.45, 7) is 0.0512. The van der Waals surface area contributed by atoms with Crippen molar-refractivity contribution in [2.75, 3.05) is 6.61 Å². The zero-order valence-electron chi connectivity index (χ0n) is 12.4. The van der Waals surface area contributed by atoms with Gasteiger partial charge < -0.3 is 9.84 Å². The molecule has 0 saturated carbocycles. The molecule has 2 aromatic carbocycles. The van der Waals surface area contributed by atoms with E-state index in [9.17, 15) is 5.11 Å². The Hall–Kier alpha value is -2.36. The Bertz CT molecular complexity index is 706. The van der Waals surface area contributed by atoms with E-state index in [1.165, 1.54) is 0 Å². The van der Waals surface area contributed by atoms with Crippen LogP contribution in [0.3, 0.4) is 0 Å². The van der Waals surface area contributed by atoms with E-state index < -0.39 is 5.60 Å². The fourth-order valence-electron chi connectivity index (χ4n) is 2.35. The molecule has 3 nitrogen and oxygen atoms in total. The van der Waals surface area contributed by atoms with Gasteiger partial charge in [0, 0.05) is 11.2 Å². The molecule has 0 aliphatic heterocycles. The molecule has 1 heterocycles. The minimum Gasteiger partial charge on any atom is -0.490 e. The second-order valence-electron chi connectivity index (χ2n) is 5.18. The molecule has 0 amide bonds. The number of hydrogen-bond acceptors (Lipinski definition) is 3. The van der Waals surface area contributed by atoms with Gasteiger partial charge in [-0.2, -0.15) is 0 Å². The summed E-state index contributed by atoms with van der Waals surface area (Å²) in [4.78, 5) is 4.30. The first-order chi connectivity index (χ1) is 11.2. The number of aromatic nitrogens is 1. The standard InChI is InChI=1S/C19H16ClNO2/c20-16-9-11-17(12-10-16)23-14-19(22,15-6-2-1-3-7-15)18-8-4-5-13-21-18/h1-13,22H,14H2. The molecule has 1 unspecified atom stereocenters. The Morgan fingerprint density at radius 3 is 2.26 bits per heavy atom. The molecule has 0 saturated heterocycles. The van der Waals surface area contributed by atoms with Crippen LogP contribution >= 0.6 is 11.6 Å². The predicted octanol–water partition coefficient (Wildman–Crippen LogP) is 4.05. The van der Waals surface area contributed by atoms with E-state index in [4.69, 9.17) is 16.3 Å². The molecule has 4 heteroatoms. The van der Waals surface area contributed by atoms with Gasteiger partial charge >= 0.3 is 0 Å². The zero-order valence-corrected chi connectivity index (χ0v) is 13.1. The van der Waals surface area contributed by atoms with Crippen LogP contribution in [-0.2, 0) is 5.60 Å². The van der Waals surface area contributed by atoms with Gasteiger partial charge in [-0.05, 0) is 42.0 Å². The van der Waals surface area contributed by atoms with Crippen LogP contribution in [0.2, 0.25) is 5.02 Å². The fraction of sp³-hybridized carbons (Fsp3) is 0.105. The van der Waals surface area contributed by atoms with E-state index in [2.05, 4.69) is 4.98 Å². The summed E-state index contributed by atoms with van der Waals surface area (Å²) in [7, 11) is 0. The largest absolute Gasteiger partial charge is 0.490 e. The molecule has 0 fully saturated rings. The van der Waals surface area contributed by atoms with Crippen LogP contribution < -0.4 is 4.74 Å². The van der Waals surface area contributed by atoms with Crippen molar-refractivity contribution in [2.45, 2.75) is 5.60 Å². The van der Waals surface area contributed by atoms with Gasteiger partial charge in [0.2, 0.25) is 0 Å². The van der Waals surface area contributed by atoms with Crippen LogP contribution in [-0.4, -0.2) is 16.7 Å². The predicted molar refractivity (Wildman–Crippen MR) is 90.6 cm³/mol. The molecule has 0 spiro atoms. The Balaban J connectivity index is 1.91. The zero-order chi connectivity index (χ0) is 16.1. The summed E-state index contributed by atoms with van der Waals surface area (Å²) in [5.41, 5.74) is -0.0601. The number of ether oxygens (including phenoxy) is 1. The van der Waals surface area contributed by atoms with E-state index in [0.29, 0.717) is 16.5 Å². The topological polar surface area (TPSA) is 42.4 Å². The van der Waals surface area contributed by atoms with Gasteiger partial charge in [0.1, 0.15) is 12.4 Å². The van der Waals surface area contributed by atoms with Gasteiger partial charge in [-0.25, -0.2) is 0 Å². The van der Waals surface area contributed by atoms with Gasteiger partial charge in [-0.1, -0.05) is 48.0 Å². The number of hydrogen-bond donors (Lipinski definition) is 1. The van der Waals surface area contributed by atoms with Crippen molar-refractivity contribution >= 4 is 11.6 Å². The van der Waals surface area contributed by atoms with Crippen LogP contribution in [0, 0.1) is 0 Å². The first-order valence-electron chi connectivity index (χ1n) is 7.26. The van der Waals surface area contributed by atoms with Crippen LogP contribution in [0.5, 0.6) is 5.75 Å². The fourth-order valence-corrected chi connectivity index (χ4v) is 2.47. The monoisotopic (exact) mass is 325 g/mol. The van der Waals surface area contributed by atoms with E-state index in [1.54, 1.807) is 36.5 Å². The number of rotatable bonds is 5. The van der Waals surface area contributed by atoms with Crippen molar-refractivity contribution in [3.63, 3.8) is 0 Å². The Morgan fingerprint density at radius 2 is 1.61 bits per heavy atom. The normalized spacial score (nSPS) is 13.3. The maximum absolute atomic E-state index is 11.3. The third kappa shape index (κ3) is 3.52. The first kappa shape index (κ1) is 15.5. The van der Waals surface area contributed by atoms with Crippen molar-refractivity contribution < 1.29 is 9.84 Å². The first-order valence-corrected chi connectivity index (χ1v) is 7.64. The highest BCUT2D eigenvalue weighted by Gasteiger charge is 2.34. The average Bonchev–Trinajstić information content (AvgIpc) is 2.62. The molecule has 116 valence electrons. The molecule has 1 N–H and O–H groups in total. The lowest BCUT2D eigenvalue weighted by atomic mass is 9.90. The van der Waals surface area contributed by atoms with Crippen molar-refractivity contribution in [2.24, 2.45) is 0 Å². The molecule has 3 aromatic rings. The molecule has 0 aliphatic carbocycles. The van der Waals surface area contributed by atoms with Crippen molar-refractivity contribution in [3.05, 3.63) is 95.3 Å². The molecule has 0 bridgehead atoms. The molecule has 23 heavy (non-hydrogen) atoms. The quantitative estimate of drug-likeness (QED) is 0.769. The highest BCUT2D eigenvalue weighted by atomic mass is 35.5. The molecular weight excluding hydrogens is 310 g/mol. The number of nitrogens with zero attached hydrogens (tertiary/aromatic N) is 1. The van der Waals surface area contributed by atoms with E-state index >= 15 is 0 Å².